The molecule has 0 saturated carbocycles. The van der Waals surface area contributed by atoms with E-state index in [2.05, 4.69) is 69.2 Å². The molecule has 1 aromatic heterocycles. The Bertz CT molecular complexity index is 709. The van der Waals surface area contributed by atoms with Gasteiger partial charge in [0.25, 0.3) is 0 Å². The number of hydrogen-bond donors (Lipinski definition) is 1. The Morgan fingerprint density at radius 3 is 2.50 bits per heavy atom. The Labute approximate surface area is 152 Å². The SMILES string of the molecule is Cc1cc(N2CCCCC2)nc(Nc2ccc(C(C)C)cc2Br)n1. The molecule has 3 rings (SSSR count). The van der Waals surface area contributed by atoms with Gasteiger partial charge in [0.05, 0.1) is 5.69 Å². The second-order valence-corrected chi connectivity index (χ2v) is 7.61. The van der Waals surface area contributed by atoms with Crippen LogP contribution in [0.4, 0.5) is 17.5 Å². The largest absolute Gasteiger partial charge is 0.356 e. The Balaban J connectivity index is 1.83. The molecule has 5 heteroatoms. The van der Waals surface area contributed by atoms with E-state index in [4.69, 9.17) is 4.98 Å². The topological polar surface area (TPSA) is 41.1 Å². The quantitative estimate of drug-likeness (QED) is 0.760. The lowest BCUT2D eigenvalue weighted by atomic mass is 10.0. The first-order chi connectivity index (χ1) is 11.5. The van der Waals surface area contributed by atoms with Crippen molar-refractivity contribution < 1.29 is 0 Å². The Hall–Kier alpha value is -1.62. The van der Waals surface area contributed by atoms with E-state index in [0.717, 1.165) is 34.8 Å². The lowest BCUT2D eigenvalue weighted by Gasteiger charge is -2.28. The molecule has 1 N–H and O–H groups in total. The van der Waals surface area contributed by atoms with Crippen molar-refractivity contribution >= 4 is 33.4 Å². The molecule has 0 bridgehead atoms. The minimum atomic E-state index is 0.510. The molecule has 1 fully saturated rings. The summed E-state index contributed by atoms with van der Waals surface area (Å²) in [7, 11) is 0. The van der Waals surface area contributed by atoms with E-state index in [1.165, 1.54) is 24.8 Å². The molecule has 1 aliphatic heterocycles. The van der Waals surface area contributed by atoms with Gasteiger partial charge in [-0.2, -0.15) is 4.98 Å². The lowest BCUT2D eigenvalue weighted by Crippen LogP contribution is -2.30. The summed E-state index contributed by atoms with van der Waals surface area (Å²) >= 11 is 3.66. The van der Waals surface area contributed by atoms with Gasteiger partial charge in [0.15, 0.2) is 0 Å². The number of rotatable bonds is 4. The van der Waals surface area contributed by atoms with Crippen molar-refractivity contribution in [2.24, 2.45) is 0 Å². The predicted octanol–water partition coefficient (Wildman–Crippen LogP) is 5.40. The van der Waals surface area contributed by atoms with Gasteiger partial charge in [-0.25, -0.2) is 4.98 Å². The summed E-state index contributed by atoms with van der Waals surface area (Å²) in [5.74, 6) is 2.20. The van der Waals surface area contributed by atoms with Crippen LogP contribution in [0.2, 0.25) is 0 Å². The van der Waals surface area contributed by atoms with Crippen molar-refractivity contribution in [2.75, 3.05) is 23.3 Å². The van der Waals surface area contributed by atoms with Crippen molar-refractivity contribution in [3.63, 3.8) is 0 Å². The summed E-state index contributed by atoms with van der Waals surface area (Å²) in [5.41, 5.74) is 3.30. The molecule has 2 heterocycles. The zero-order valence-corrected chi connectivity index (χ0v) is 16.2. The van der Waals surface area contributed by atoms with Crippen LogP contribution in [0.3, 0.4) is 0 Å². The molecule has 1 aliphatic rings. The number of benzene rings is 1. The molecular weight excluding hydrogens is 364 g/mol. The van der Waals surface area contributed by atoms with Crippen LogP contribution in [0.1, 0.15) is 50.3 Å². The summed E-state index contributed by atoms with van der Waals surface area (Å²) < 4.78 is 1.04. The molecule has 2 aromatic rings. The van der Waals surface area contributed by atoms with Crippen LogP contribution < -0.4 is 10.2 Å². The third kappa shape index (κ3) is 4.07. The lowest BCUT2D eigenvalue weighted by molar-refractivity contribution is 0.573. The maximum atomic E-state index is 4.73. The predicted molar refractivity (Wildman–Crippen MR) is 104 cm³/mol. The van der Waals surface area contributed by atoms with E-state index in [9.17, 15) is 0 Å². The molecule has 128 valence electrons. The highest BCUT2D eigenvalue weighted by Gasteiger charge is 2.14. The standard InChI is InChI=1S/C19H25BrN4/c1-13(2)15-7-8-17(16(20)12-15)22-19-21-14(3)11-18(23-19)24-9-5-4-6-10-24/h7-8,11-13H,4-6,9-10H2,1-3H3,(H,21,22,23). The molecule has 0 radical (unpaired) electrons. The number of anilines is 3. The monoisotopic (exact) mass is 388 g/mol. The van der Waals surface area contributed by atoms with E-state index in [0.29, 0.717) is 11.9 Å². The number of nitrogens with zero attached hydrogens (tertiary/aromatic N) is 3. The maximum absolute atomic E-state index is 4.73. The van der Waals surface area contributed by atoms with Crippen molar-refractivity contribution in [3.05, 3.63) is 40.0 Å². The summed E-state index contributed by atoms with van der Waals surface area (Å²) in [6.45, 7) is 8.59. The molecule has 4 nitrogen and oxygen atoms in total. The fourth-order valence-corrected chi connectivity index (χ4v) is 3.50. The van der Waals surface area contributed by atoms with Crippen LogP contribution in [0.25, 0.3) is 0 Å². The first-order valence-corrected chi connectivity index (χ1v) is 9.49. The van der Waals surface area contributed by atoms with Gasteiger partial charge in [-0.3, -0.25) is 0 Å². The Morgan fingerprint density at radius 2 is 1.83 bits per heavy atom. The Morgan fingerprint density at radius 1 is 1.08 bits per heavy atom. The first kappa shape index (κ1) is 17.2. The second kappa shape index (κ2) is 7.51. The molecule has 0 spiro atoms. The maximum Gasteiger partial charge on any atom is 0.229 e. The van der Waals surface area contributed by atoms with E-state index in [-0.39, 0.29) is 0 Å². The number of nitrogens with one attached hydrogen (secondary N) is 1. The van der Waals surface area contributed by atoms with Gasteiger partial charge < -0.3 is 10.2 Å². The van der Waals surface area contributed by atoms with Gasteiger partial charge in [0.1, 0.15) is 5.82 Å². The van der Waals surface area contributed by atoms with Crippen LogP contribution in [-0.2, 0) is 0 Å². The fourth-order valence-electron chi connectivity index (χ4n) is 3.01. The molecule has 1 saturated heterocycles. The highest BCUT2D eigenvalue weighted by atomic mass is 79.9. The van der Waals surface area contributed by atoms with Gasteiger partial charge in [0, 0.05) is 29.3 Å². The highest BCUT2D eigenvalue weighted by Crippen LogP contribution is 2.29. The number of halogens is 1. The van der Waals surface area contributed by atoms with Gasteiger partial charge >= 0.3 is 0 Å². The smallest absolute Gasteiger partial charge is 0.229 e. The van der Waals surface area contributed by atoms with Crippen molar-refractivity contribution in [1.29, 1.82) is 0 Å². The fraction of sp³-hybridized carbons (Fsp3) is 0.474. The summed E-state index contributed by atoms with van der Waals surface area (Å²) in [4.78, 5) is 11.6. The van der Waals surface area contributed by atoms with Crippen LogP contribution in [0, 0.1) is 6.92 Å². The molecule has 24 heavy (non-hydrogen) atoms. The molecule has 0 atom stereocenters. The van der Waals surface area contributed by atoms with Gasteiger partial charge in [-0.15, -0.1) is 0 Å². The van der Waals surface area contributed by atoms with E-state index >= 15 is 0 Å². The third-order valence-corrected chi connectivity index (χ3v) is 5.08. The summed E-state index contributed by atoms with van der Waals surface area (Å²) in [6.07, 6.45) is 3.81. The van der Waals surface area contributed by atoms with Crippen LogP contribution in [-0.4, -0.2) is 23.1 Å². The molecular formula is C19H25BrN4. The van der Waals surface area contributed by atoms with Gasteiger partial charge in [-0.1, -0.05) is 19.9 Å². The minimum absolute atomic E-state index is 0.510. The van der Waals surface area contributed by atoms with Crippen LogP contribution in [0.5, 0.6) is 0 Å². The Kier molecular flexibility index (Phi) is 5.39. The van der Waals surface area contributed by atoms with Crippen LogP contribution in [0.15, 0.2) is 28.7 Å². The first-order valence-electron chi connectivity index (χ1n) is 8.70. The molecule has 0 unspecified atom stereocenters. The van der Waals surface area contributed by atoms with Gasteiger partial charge in [0.2, 0.25) is 5.95 Å². The van der Waals surface area contributed by atoms with Crippen molar-refractivity contribution in [2.45, 2.75) is 46.0 Å². The normalized spacial score (nSPS) is 15.0. The third-order valence-electron chi connectivity index (χ3n) is 4.43. The van der Waals surface area contributed by atoms with Crippen LogP contribution >= 0.6 is 15.9 Å². The average molecular weight is 389 g/mol. The second-order valence-electron chi connectivity index (χ2n) is 6.76. The number of aryl methyl sites for hydroxylation is 1. The van der Waals surface area contributed by atoms with Crippen molar-refractivity contribution in [1.82, 2.24) is 9.97 Å². The molecule has 1 aromatic carbocycles. The highest BCUT2D eigenvalue weighted by molar-refractivity contribution is 9.10. The number of hydrogen-bond acceptors (Lipinski definition) is 4. The molecule has 0 aliphatic carbocycles. The number of aromatic nitrogens is 2. The zero-order valence-electron chi connectivity index (χ0n) is 14.6. The summed E-state index contributed by atoms with van der Waals surface area (Å²) in [5, 5.41) is 3.36. The summed E-state index contributed by atoms with van der Waals surface area (Å²) in [6, 6.07) is 8.48. The van der Waals surface area contributed by atoms with E-state index < -0.39 is 0 Å². The van der Waals surface area contributed by atoms with Crippen molar-refractivity contribution in [3.8, 4) is 0 Å². The molecule has 0 amide bonds. The average Bonchev–Trinajstić information content (AvgIpc) is 2.57. The van der Waals surface area contributed by atoms with Gasteiger partial charge in [-0.05, 0) is 65.7 Å². The van der Waals surface area contributed by atoms with E-state index in [1.54, 1.807) is 0 Å². The minimum Gasteiger partial charge on any atom is -0.356 e. The van der Waals surface area contributed by atoms with E-state index in [1.807, 2.05) is 6.92 Å². The zero-order chi connectivity index (χ0) is 17.1. The number of piperidine rings is 1.